The lowest BCUT2D eigenvalue weighted by atomic mass is 9.98. The Morgan fingerprint density at radius 1 is 1.10 bits per heavy atom. The summed E-state index contributed by atoms with van der Waals surface area (Å²) in [7, 11) is 0. The molecule has 1 aliphatic rings. The van der Waals surface area contributed by atoms with Crippen LogP contribution in [0.5, 0.6) is 5.75 Å². The number of carbonyl (C=O) groups is 1. The highest BCUT2D eigenvalue weighted by Crippen LogP contribution is 2.29. The number of nitrogens with zero attached hydrogens (tertiary/aromatic N) is 3. The van der Waals surface area contributed by atoms with Gasteiger partial charge in [-0.05, 0) is 37.1 Å². The average Bonchev–Trinajstić information content (AvgIpc) is 3.22. The average molecular weight is 423 g/mol. The van der Waals surface area contributed by atoms with Gasteiger partial charge < -0.3 is 35.0 Å². The monoisotopic (exact) mass is 423 g/mol. The molecule has 164 valence electrons. The molecule has 1 aromatic heterocycles. The van der Waals surface area contributed by atoms with Gasteiger partial charge in [0.05, 0.1) is 19.4 Å². The topological polar surface area (TPSA) is 167 Å². The maximum absolute atomic E-state index is 10.5. The molecular weight excluding hydrogens is 398 g/mol. The number of rotatable bonds is 9. The molecule has 2 heterocycles. The number of aliphatic hydroxyl groups is 4. The third kappa shape index (κ3) is 5.12. The van der Waals surface area contributed by atoms with E-state index in [0.29, 0.717) is 30.9 Å². The van der Waals surface area contributed by atoms with Crippen molar-refractivity contribution in [1.29, 1.82) is 0 Å². The van der Waals surface area contributed by atoms with Gasteiger partial charge in [0.25, 0.3) is 0 Å². The van der Waals surface area contributed by atoms with Crippen molar-refractivity contribution in [2.24, 2.45) is 0 Å². The number of ether oxygens (including phenoxy) is 2. The summed E-state index contributed by atoms with van der Waals surface area (Å²) >= 11 is 0. The van der Waals surface area contributed by atoms with E-state index < -0.39 is 43.2 Å². The van der Waals surface area contributed by atoms with Gasteiger partial charge in [0, 0.05) is 12.0 Å². The fraction of sp³-hybridized carbons (Fsp3) is 0.526. The van der Waals surface area contributed by atoms with Crippen LogP contribution < -0.4 is 4.74 Å². The van der Waals surface area contributed by atoms with Gasteiger partial charge in [-0.2, -0.15) is 0 Å². The minimum Gasteiger partial charge on any atom is -0.494 e. The number of benzene rings is 1. The van der Waals surface area contributed by atoms with E-state index in [-0.39, 0.29) is 6.42 Å². The molecule has 1 fully saturated rings. The third-order valence-electron chi connectivity index (χ3n) is 4.84. The summed E-state index contributed by atoms with van der Waals surface area (Å²) in [6, 6.07) is 7.04. The molecule has 0 spiro atoms. The van der Waals surface area contributed by atoms with Crippen molar-refractivity contribution in [3.05, 3.63) is 30.5 Å². The number of hydrogen-bond donors (Lipinski definition) is 5. The van der Waals surface area contributed by atoms with Gasteiger partial charge in [-0.3, -0.25) is 4.79 Å². The molecule has 2 aromatic rings. The lowest BCUT2D eigenvalue weighted by Crippen LogP contribution is -2.56. The fourth-order valence-corrected chi connectivity index (χ4v) is 3.12. The first-order valence-electron chi connectivity index (χ1n) is 9.58. The standard InChI is InChI=1S/C19H25N3O8/c23-10-14-16(26)17(27)18(28)19(30-14)22-9-13(20-21-22)11-4-6-12(7-5-11)29-8-2-1-3-15(24)25/h4-7,9,14,16-19,23,26-28H,1-3,8,10H2,(H,24,25)/t14-,16-,17+,18+,19+/m1/s1. The lowest BCUT2D eigenvalue weighted by Gasteiger charge is -2.39. The Morgan fingerprint density at radius 2 is 1.83 bits per heavy atom. The van der Waals surface area contributed by atoms with E-state index in [2.05, 4.69) is 10.3 Å². The molecule has 0 aliphatic carbocycles. The van der Waals surface area contributed by atoms with Crippen molar-refractivity contribution in [3.8, 4) is 17.0 Å². The van der Waals surface area contributed by atoms with Gasteiger partial charge in [-0.15, -0.1) is 5.10 Å². The van der Waals surface area contributed by atoms with E-state index in [1.165, 1.54) is 10.9 Å². The first kappa shape index (κ1) is 22.1. The Morgan fingerprint density at radius 3 is 2.50 bits per heavy atom. The Bertz CT molecular complexity index is 825. The Balaban J connectivity index is 1.61. The highest BCUT2D eigenvalue weighted by atomic mass is 16.6. The van der Waals surface area contributed by atoms with Crippen LogP contribution in [0, 0.1) is 0 Å². The predicted molar refractivity (Wildman–Crippen MR) is 101 cm³/mol. The van der Waals surface area contributed by atoms with Gasteiger partial charge >= 0.3 is 5.97 Å². The maximum atomic E-state index is 10.5. The quantitative estimate of drug-likeness (QED) is 0.333. The summed E-state index contributed by atoms with van der Waals surface area (Å²) in [5.74, 6) is -0.188. The normalized spacial score (nSPS) is 26.5. The molecule has 3 rings (SSSR count). The molecule has 5 atom stereocenters. The summed E-state index contributed by atoms with van der Waals surface area (Å²) in [4.78, 5) is 10.5. The van der Waals surface area contributed by atoms with Gasteiger partial charge in [-0.25, -0.2) is 4.68 Å². The van der Waals surface area contributed by atoms with E-state index in [1.54, 1.807) is 24.3 Å². The maximum Gasteiger partial charge on any atom is 0.303 e. The van der Waals surface area contributed by atoms with E-state index in [9.17, 15) is 25.2 Å². The fourth-order valence-electron chi connectivity index (χ4n) is 3.12. The highest BCUT2D eigenvalue weighted by molar-refractivity contribution is 5.66. The van der Waals surface area contributed by atoms with Gasteiger partial charge in [-0.1, -0.05) is 5.21 Å². The number of aromatic nitrogens is 3. The molecule has 1 aliphatic heterocycles. The van der Waals surface area contributed by atoms with Crippen molar-refractivity contribution in [2.45, 2.75) is 49.9 Å². The zero-order valence-corrected chi connectivity index (χ0v) is 16.1. The molecule has 0 radical (unpaired) electrons. The highest BCUT2D eigenvalue weighted by Gasteiger charge is 2.44. The van der Waals surface area contributed by atoms with Gasteiger partial charge in [0.2, 0.25) is 0 Å². The minimum absolute atomic E-state index is 0.117. The number of aliphatic hydroxyl groups excluding tert-OH is 4. The molecule has 1 saturated heterocycles. The van der Waals surface area contributed by atoms with Crippen LogP contribution in [0.1, 0.15) is 25.5 Å². The molecule has 30 heavy (non-hydrogen) atoms. The van der Waals surface area contributed by atoms with Crippen LogP contribution in [0.25, 0.3) is 11.3 Å². The van der Waals surface area contributed by atoms with Gasteiger partial charge in [0.1, 0.15) is 35.9 Å². The number of carboxylic acid groups (broad SMARTS) is 1. The molecule has 0 bridgehead atoms. The number of hydrogen-bond acceptors (Lipinski definition) is 9. The van der Waals surface area contributed by atoms with Crippen molar-refractivity contribution in [1.82, 2.24) is 15.0 Å². The second-order valence-corrected chi connectivity index (χ2v) is 7.03. The van der Waals surface area contributed by atoms with Crippen LogP contribution in [0.15, 0.2) is 30.5 Å². The summed E-state index contributed by atoms with van der Waals surface area (Å²) < 4.78 is 12.3. The molecule has 0 amide bonds. The zero-order chi connectivity index (χ0) is 21.7. The largest absolute Gasteiger partial charge is 0.494 e. The Hall–Kier alpha value is -2.57. The molecule has 0 saturated carbocycles. The Labute approximate surface area is 172 Å². The number of unbranched alkanes of at least 4 members (excludes halogenated alkanes) is 1. The van der Waals surface area contributed by atoms with Crippen LogP contribution in [0.4, 0.5) is 0 Å². The predicted octanol–water partition coefficient (Wildman–Crippen LogP) is -0.449. The molecule has 1 aromatic carbocycles. The van der Waals surface area contributed by atoms with Crippen LogP contribution in [-0.2, 0) is 9.53 Å². The lowest BCUT2D eigenvalue weighted by molar-refractivity contribution is -0.254. The molecule has 0 unspecified atom stereocenters. The molecular formula is C19H25N3O8. The minimum atomic E-state index is -1.50. The van der Waals surface area contributed by atoms with Crippen LogP contribution in [0.2, 0.25) is 0 Å². The summed E-state index contributed by atoms with van der Waals surface area (Å²) in [5.41, 5.74) is 1.21. The second kappa shape index (κ2) is 9.96. The molecule has 11 nitrogen and oxygen atoms in total. The van der Waals surface area contributed by atoms with Crippen molar-refractivity contribution < 1.29 is 39.8 Å². The molecule has 11 heteroatoms. The second-order valence-electron chi connectivity index (χ2n) is 7.03. The van der Waals surface area contributed by atoms with Crippen LogP contribution in [0.3, 0.4) is 0 Å². The zero-order valence-electron chi connectivity index (χ0n) is 16.1. The summed E-state index contributed by atoms with van der Waals surface area (Å²) in [6.07, 6.45) is -3.71. The van der Waals surface area contributed by atoms with E-state index in [4.69, 9.17) is 14.6 Å². The van der Waals surface area contributed by atoms with Crippen molar-refractivity contribution >= 4 is 5.97 Å². The van der Waals surface area contributed by atoms with Crippen LogP contribution in [-0.4, -0.2) is 84.1 Å². The van der Waals surface area contributed by atoms with E-state index >= 15 is 0 Å². The van der Waals surface area contributed by atoms with Crippen molar-refractivity contribution in [2.75, 3.05) is 13.2 Å². The van der Waals surface area contributed by atoms with Crippen molar-refractivity contribution in [3.63, 3.8) is 0 Å². The Kier molecular flexibility index (Phi) is 7.34. The first-order chi connectivity index (χ1) is 14.4. The van der Waals surface area contributed by atoms with Crippen LogP contribution >= 0.6 is 0 Å². The summed E-state index contributed by atoms with van der Waals surface area (Å²) in [5, 5.41) is 55.9. The smallest absolute Gasteiger partial charge is 0.303 e. The summed E-state index contributed by atoms with van der Waals surface area (Å²) in [6.45, 7) is -0.110. The van der Waals surface area contributed by atoms with E-state index in [0.717, 1.165) is 5.56 Å². The van der Waals surface area contributed by atoms with Gasteiger partial charge in [0.15, 0.2) is 6.23 Å². The van der Waals surface area contributed by atoms with E-state index in [1.807, 2.05) is 0 Å². The number of carboxylic acids is 1. The SMILES string of the molecule is O=C(O)CCCCOc1ccc(-c2cn([C@H]3O[C@H](CO)[C@@H](O)[C@H](O)[C@@H]3O)nn2)cc1. The third-order valence-corrected chi connectivity index (χ3v) is 4.84. The molecule has 5 N–H and O–H groups in total. The number of aliphatic carboxylic acids is 1. The first-order valence-corrected chi connectivity index (χ1v) is 9.58.